The van der Waals surface area contributed by atoms with E-state index in [0.29, 0.717) is 0 Å². The Morgan fingerprint density at radius 2 is 0.650 bits per heavy atom. The molecule has 0 amide bonds. The first-order chi connectivity index (χ1) is 27.3. The molecule has 0 aromatic heterocycles. The molecule has 0 aliphatic heterocycles. The fraction of sp³-hybridized carbons (Fsp3) is 0.214. The summed E-state index contributed by atoms with van der Waals surface area (Å²) < 4.78 is 0. The molecule has 0 spiro atoms. The van der Waals surface area contributed by atoms with Gasteiger partial charge in [0.2, 0.25) is 0 Å². The van der Waals surface area contributed by atoms with Gasteiger partial charge in [-0.1, -0.05) is 216 Å². The maximum atomic E-state index is 3.06. The second-order valence-electron chi connectivity index (χ2n) is 15.4. The number of hydrogen-bond acceptors (Lipinski definition) is 0. The van der Waals surface area contributed by atoms with Crippen LogP contribution in [0.2, 0.25) is 0 Å². The van der Waals surface area contributed by atoms with Crippen LogP contribution in [0.3, 0.4) is 0 Å². The molecule has 0 unspecified atom stereocenters. The number of fused-ring (bicyclic) bond motifs is 2. The molecular weight excluding hydrogens is 863 g/mol. The molecule has 312 valence electrons. The summed E-state index contributed by atoms with van der Waals surface area (Å²) in [6.07, 6.45) is 7.28. The van der Waals surface area contributed by atoms with Crippen molar-refractivity contribution in [3.63, 3.8) is 0 Å². The van der Waals surface area contributed by atoms with E-state index in [1.165, 1.54) is 148 Å². The van der Waals surface area contributed by atoms with Gasteiger partial charge >= 0.3 is 30.2 Å². The average Bonchev–Trinajstić information content (AvgIpc) is 3.86. The van der Waals surface area contributed by atoms with Gasteiger partial charge in [-0.05, 0) is 51.7 Å². The summed E-state index contributed by atoms with van der Waals surface area (Å²) in [5, 5.41) is 5.51. The molecule has 4 heteroatoms. The van der Waals surface area contributed by atoms with Crippen molar-refractivity contribution < 1.29 is 23.3 Å². The first kappa shape index (κ1) is 52.4. The zero-order valence-corrected chi connectivity index (χ0v) is 42.0. The zero-order chi connectivity index (χ0) is 39.6. The van der Waals surface area contributed by atoms with Crippen LogP contribution in [0.25, 0.3) is 66.1 Å². The summed E-state index contributed by atoms with van der Waals surface area (Å²) in [4.78, 5) is 0. The third-order valence-corrected chi connectivity index (χ3v) is 11.0. The summed E-state index contributed by atoms with van der Waals surface area (Å²) in [5.74, 6) is 0. The van der Waals surface area contributed by atoms with Crippen LogP contribution >= 0.6 is 24.8 Å². The van der Waals surface area contributed by atoms with Gasteiger partial charge in [-0.2, -0.15) is 12.1 Å². The van der Waals surface area contributed by atoms with E-state index in [9.17, 15) is 0 Å². The van der Waals surface area contributed by atoms with Crippen molar-refractivity contribution in [1.29, 1.82) is 0 Å². The van der Waals surface area contributed by atoms with E-state index >= 15 is 0 Å². The van der Waals surface area contributed by atoms with Crippen molar-refractivity contribution >= 4 is 53.2 Å². The number of benzene rings is 6. The minimum atomic E-state index is 0. The molecule has 8 aromatic rings. The van der Waals surface area contributed by atoms with Crippen LogP contribution in [0.5, 0.6) is 0 Å². The Labute approximate surface area is 392 Å². The molecular formula is C56H62Cl2SiZr-4. The summed E-state index contributed by atoms with van der Waals surface area (Å²) in [7, 11) is 0. The first-order valence-corrected chi connectivity index (χ1v) is 24.5. The van der Waals surface area contributed by atoms with Crippen molar-refractivity contribution in [2.24, 2.45) is 0 Å². The first-order valence-electron chi connectivity index (χ1n) is 20.3. The van der Waals surface area contributed by atoms with Crippen LogP contribution < -0.4 is 0 Å². The summed E-state index contributed by atoms with van der Waals surface area (Å²) in [5.41, 5.74) is 18.7. The van der Waals surface area contributed by atoms with Gasteiger partial charge in [0.25, 0.3) is 0 Å². The number of hydrogen-bond donors (Lipinski definition) is 0. The number of halogens is 2. The van der Waals surface area contributed by atoms with E-state index in [0.717, 1.165) is 12.8 Å². The van der Waals surface area contributed by atoms with Gasteiger partial charge in [0, 0.05) is 0 Å². The Balaban J connectivity index is 0.000000373. The number of aryl methyl sites for hydroxylation is 6. The van der Waals surface area contributed by atoms with Crippen LogP contribution in [-0.4, -0.2) is 6.88 Å². The minimum absolute atomic E-state index is 0. The second kappa shape index (κ2) is 25.2. The fourth-order valence-electron chi connectivity index (χ4n) is 7.71. The molecule has 2 radical (unpaired) electrons. The molecule has 0 bridgehead atoms. The third-order valence-electron chi connectivity index (χ3n) is 11.0. The van der Waals surface area contributed by atoms with Crippen molar-refractivity contribution in [2.45, 2.75) is 80.1 Å². The molecule has 0 fully saturated rings. The van der Waals surface area contributed by atoms with Crippen molar-refractivity contribution in [3.8, 4) is 44.5 Å². The quantitative estimate of drug-likeness (QED) is 0.0947. The van der Waals surface area contributed by atoms with E-state index in [4.69, 9.17) is 0 Å². The average molecular weight is 925 g/mol. The molecule has 0 atom stereocenters. The Morgan fingerprint density at radius 1 is 0.400 bits per heavy atom. The second-order valence-corrected chi connectivity index (χ2v) is 15.4. The Hall–Kier alpha value is -3.78. The van der Waals surface area contributed by atoms with Gasteiger partial charge in [0.15, 0.2) is 0 Å². The van der Waals surface area contributed by atoms with E-state index < -0.39 is 0 Å². The molecule has 0 nitrogen and oxygen atoms in total. The summed E-state index contributed by atoms with van der Waals surface area (Å²) in [6, 6.07) is 54.4. The molecule has 60 heavy (non-hydrogen) atoms. The van der Waals surface area contributed by atoms with Crippen LogP contribution in [0.4, 0.5) is 0 Å². The van der Waals surface area contributed by atoms with Gasteiger partial charge in [-0.3, -0.25) is 0 Å². The predicted octanol–water partition coefficient (Wildman–Crippen LogP) is 17.1. The van der Waals surface area contributed by atoms with Crippen LogP contribution in [0, 0.1) is 42.5 Å². The number of unbranched alkanes of at least 4 members (excludes halogenated alkanes) is 2. The van der Waals surface area contributed by atoms with E-state index in [1.54, 1.807) is 0 Å². The van der Waals surface area contributed by atoms with Gasteiger partial charge in [0.05, 0.1) is 0 Å². The molecule has 0 aliphatic carbocycles. The Morgan fingerprint density at radius 3 is 0.917 bits per heavy atom. The van der Waals surface area contributed by atoms with Crippen LogP contribution in [0.15, 0.2) is 146 Å². The van der Waals surface area contributed by atoms with Gasteiger partial charge in [0.1, 0.15) is 0 Å². The third kappa shape index (κ3) is 12.6. The molecule has 0 heterocycles. The Bertz CT molecular complexity index is 2140. The van der Waals surface area contributed by atoms with Gasteiger partial charge in [-0.25, -0.2) is 0 Å². The van der Waals surface area contributed by atoms with Crippen LogP contribution in [-0.2, 0) is 36.2 Å². The topological polar surface area (TPSA) is 0 Å². The molecule has 0 saturated carbocycles. The van der Waals surface area contributed by atoms with E-state index in [-0.39, 0.29) is 39.7 Å². The number of rotatable bonds is 10. The SMILES string of the molecule is CCCCc1cc2c(-c3ccc(C)cc3)ccc(-c3ccc(C)cc3)c2[cH-]1.CCCCc1cc2c(-c3ccc(C)cc3)ccc(-c3ccc(C)cc3)c2[cH-]1.Cl.Cl.[CH3-].[CH3-].[Si]=[Zr]. The molecule has 0 aliphatic rings. The summed E-state index contributed by atoms with van der Waals surface area (Å²) >= 11 is 1.36. The van der Waals surface area contributed by atoms with Gasteiger partial charge in [-0.15, -0.1) is 69.6 Å². The van der Waals surface area contributed by atoms with Crippen molar-refractivity contribution in [1.82, 2.24) is 0 Å². The molecule has 8 aromatic carbocycles. The Kier molecular flexibility index (Phi) is 22.0. The van der Waals surface area contributed by atoms with Crippen molar-refractivity contribution in [3.05, 3.63) is 194 Å². The zero-order valence-electron chi connectivity index (χ0n) is 36.9. The normalized spacial score (nSPS) is 10.2. The maximum absolute atomic E-state index is 3.06. The van der Waals surface area contributed by atoms with E-state index in [2.05, 4.69) is 194 Å². The molecule has 0 saturated heterocycles. The summed E-state index contributed by atoms with van der Waals surface area (Å²) in [6.45, 7) is 16.2. The standard InChI is InChI=1S/2C27H27.2CH3.2ClH.Si.Zr/c2*1-4-5-6-21-17-26-24(22-11-7-19(2)8-12-22)15-16-25(27(26)18-21)23-13-9-20(3)10-14-23;;;;;;/h2*7-18H,4-6H2,1-3H3;2*1H3;2*1H;;/q4*-1;;;;. The van der Waals surface area contributed by atoms with Gasteiger partial charge < -0.3 is 14.9 Å². The monoisotopic (exact) mass is 922 g/mol. The molecule has 8 rings (SSSR count). The van der Waals surface area contributed by atoms with E-state index in [1.807, 2.05) is 0 Å². The fourth-order valence-corrected chi connectivity index (χ4v) is 7.71. The predicted molar refractivity (Wildman–Crippen MR) is 270 cm³/mol. The molecule has 0 N–H and O–H groups in total. The van der Waals surface area contributed by atoms with Crippen molar-refractivity contribution in [2.75, 3.05) is 0 Å². The van der Waals surface area contributed by atoms with Crippen LogP contribution in [0.1, 0.15) is 72.9 Å².